The number of Topliss-reactive ketones (excluding diaryl/α,β-unsaturated/α-hetero) is 1. The van der Waals surface area contributed by atoms with E-state index >= 15 is 0 Å². The summed E-state index contributed by atoms with van der Waals surface area (Å²) in [4.78, 5) is 51.2. The third-order valence-corrected chi connectivity index (χ3v) is 8.27. The van der Waals surface area contributed by atoms with Gasteiger partial charge in [0.25, 0.3) is 0 Å². The molecule has 0 aromatic carbocycles. The molecule has 0 bridgehead atoms. The third kappa shape index (κ3) is 9.07. The summed E-state index contributed by atoms with van der Waals surface area (Å²) >= 11 is 1.23. The van der Waals surface area contributed by atoms with Crippen molar-refractivity contribution >= 4 is 40.7 Å². The number of aromatic nitrogens is 1. The topological polar surface area (TPSA) is 171 Å². The molecule has 2 aliphatic rings. The standard InChI is InChI=1S/C26H42N8O3S/c1-18(27)33-14-9-19(10-15-33)7-8-20-5-2-3-13-34(25(20)37)17-22(35)32-21(6-4-11-31-26(28)29)23(36)24-30-12-16-38-24/h12,16,19-21,27H,2-11,13-15,17H2,1H3,(H,32,35)(H4,28,29,31)/t20?,21-/m0/s1. The van der Waals surface area contributed by atoms with Gasteiger partial charge in [0.2, 0.25) is 17.6 Å². The van der Waals surface area contributed by atoms with Gasteiger partial charge in [-0.1, -0.05) is 6.42 Å². The molecule has 3 heterocycles. The number of nitrogens with two attached hydrogens (primary N) is 2. The number of nitrogens with one attached hydrogen (secondary N) is 2. The minimum absolute atomic E-state index is 0.0158. The highest BCUT2D eigenvalue weighted by Crippen LogP contribution is 2.28. The van der Waals surface area contributed by atoms with Crippen LogP contribution in [0.5, 0.6) is 0 Å². The zero-order chi connectivity index (χ0) is 27.5. The van der Waals surface area contributed by atoms with Gasteiger partial charge in [-0.2, -0.15) is 0 Å². The monoisotopic (exact) mass is 546 g/mol. The van der Waals surface area contributed by atoms with Gasteiger partial charge in [-0.25, -0.2) is 4.98 Å². The lowest BCUT2D eigenvalue weighted by Crippen LogP contribution is -2.48. The lowest BCUT2D eigenvalue weighted by atomic mass is 9.87. The van der Waals surface area contributed by atoms with Gasteiger partial charge in [0.15, 0.2) is 11.0 Å². The minimum atomic E-state index is -0.754. The highest BCUT2D eigenvalue weighted by Gasteiger charge is 2.31. The number of hydrogen-bond donors (Lipinski definition) is 4. The van der Waals surface area contributed by atoms with Crippen LogP contribution in [0.15, 0.2) is 16.6 Å². The molecule has 2 amide bonds. The van der Waals surface area contributed by atoms with E-state index in [2.05, 4.69) is 20.2 Å². The molecule has 0 radical (unpaired) electrons. The Bertz CT molecular complexity index is 971. The van der Waals surface area contributed by atoms with Crippen LogP contribution in [0.2, 0.25) is 0 Å². The van der Waals surface area contributed by atoms with Crippen molar-refractivity contribution in [3.8, 4) is 0 Å². The molecular weight excluding hydrogens is 504 g/mol. The largest absolute Gasteiger partial charge is 0.370 e. The van der Waals surface area contributed by atoms with E-state index in [1.54, 1.807) is 16.5 Å². The van der Waals surface area contributed by atoms with E-state index in [1.807, 2.05) is 6.92 Å². The number of aliphatic imine (C=N–C) groups is 1. The molecular formula is C26H42N8O3S. The number of piperidine rings is 1. The molecule has 38 heavy (non-hydrogen) atoms. The average molecular weight is 547 g/mol. The maximum Gasteiger partial charge on any atom is 0.240 e. The van der Waals surface area contributed by atoms with Crippen molar-refractivity contribution < 1.29 is 14.4 Å². The van der Waals surface area contributed by atoms with Crippen molar-refractivity contribution in [2.24, 2.45) is 28.3 Å². The van der Waals surface area contributed by atoms with Crippen LogP contribution in [0.4, 0.5) is 0 Å². The molecule has 2 aliphatic heterocycles. The Kier molecular flexibility index (Phi) is 11.5. The summed E-state index contributed by atoms with van der Waals surface area (Å²) in [5.74, 6) is 0.572. The average Bonchev–Trinajstić information content (AvgIpc) is 3.38. The molecule has 3 rings (SSSR count). The van der Waals surface area contributed by atoms with Gasteiger partial charge in [-0.15, -0.1) is 11.3 Å². The Balaban J connectivity index is 1.54. The zero-order valence-electron chi connectivity index (χ0n) is 22.4. The highest BCUT2D eigenvalue weighted by molar-refractivity contribution is 7.11. The van der Waals surface area contributed by atoms with Gasteiger partial charge in [0.1, 0.15) is 0 Å². The molecule has 2 saturated heterocycles. The molecule has 0 aliphatic carbocycles. The maximum absolute atomic E-state index is 13.4. The van der Waals surface area contributed by atoms with E-state index in [9.17, 15) is 14.4 Å². The predicted octanol–water partition coefficient (Wildman–Crippen LogP) is 1.98. The van der Waals surface area contributed by atoms with E-state index in [0.717, 1.165) is 58.0 Å². The number of amides is 2. The molecule has 12 heteroatoms. The summed E-state index contributed by atoms with van der Waals surface area (Å²) in [7, 11) is 0. The SMILES string of the molecule is CC(=N)N1CCC(CCC2CCCCN(CC(=O)N[C@@H](CCCN=C(N)N)C(=O)c3nccs3)C2=O)CC1. The summed E-state index contributed by atoms with van der Waals surface area (Å²) in [6.45, 7) is 4.51. The summed E-state index contributed by atoms with van der Waals surface area (Å²) in [5.41, 5.74) is 10.8. The fourth-order valence-electron chi connectivity index (χ4n) is 5.28. The second-order valence-electron chi connectivity index (χ2n) is 10.3. The van der Waals surface area contributed by atoms with Crippen molar-refractivity contribution in [1.82, 2.24) is 20.1 Å². The molecule has 210 valence electrons. The Labute approximate surface area is 228 Å². The van der Waals surface area contributed by atoms with E-state index in [4.69, 9.17) is 16.9 Å². The molecule has 1 unspecified atom stereocenters. The number of rotatable bonds is 12. The lowest BCUT2D eigenvalue weighted by molar-refractivity contribution is -0.139. The number of amidine groups is 1. The van der Waals surface area contributed by atoms with Crippen molar-refractivity contribution in [3.63, 3.8) is 0 Å². The Morgan fingerprint density at radius 1 is 1.21 bits per heavy atom. The molecule has 1 aromatic rings. The van der Waals surface area contributed by atoms with Gasteiger partial charge in [0, 0.05) is 43.7 Å². The molecule has 0 spiro atoms. The molecule has 2 atom stereocenters. The highest BCUT2D eigenvalue weighted by atomic mass is 32.1. The van der Waals surface area contributed by atoms with Gasteiger partial charge in [-0.05, 0) is 64.2 Å². The Morgan fingerprint density at radius 2 is 1.97 bits per heavy atom. The zero-order valence-corrected chi connectivity index (χ0v) is 23.2. The van der Waals surface area contributed by atoms with Gasteiger partial charge >= 0.3 is 0 Å². The molecule has 11 nitrogen and oxygen atoms in total. The van der Waals surface area contributed by atoms with Crippen LogP contribution in [0.1, 0.15) is 74.5 Å². The van der Waals surface area contributed by atoms with Crippen LogP contribution in [-0.4, -0.2) is 82.9 Å². The van der Waals surface area contributed by atoms with E-state index in [1.165, 1.54) is 11.3 Å². The molecule has 2 fully saturated rings. The number of thiazole rings is 1. The maximum atomic E-state index is 13.4. The number of nitrogens with zero attached hydrogens (tertiary/aromatic N) is 4. The van der Waals surface area contributed by atoms with Crippen molar-refractivity contribution in [3.05, 3.63) is 16.6 Å². The van der Waals surface area contributed by atoms with Crippen molar-refractivity contribution in [2.45, 2.75) is 70.8 Å². The minimum Gasteiger partial charge on any atom is -0.370 e. The Morgan fingerprint density at radius 3 is 2.63 bits per heavy atom. The number of hydrogen-bond acceptors (Lipinski definition) is 7. The third-order valence-electron chi connectivity index (χ3n) is 7.48. The fraction of sp³-hybridized carbons (Fsp3) is 0.692. The molecule has 1 aromatic heterocycles. The quantitative estimate of drug-likeness (QED) is 0.134. The first-order valence-corrected chi connectivity index (χ1v) is 14.5. The number of guanidine groups is 1. The molecule has 0 saturated carbocycles. The number of likely N-dealkylation sites (tertiary alicyclic amines) is 2. The summed E-state index contributed by atoms with van der Waals surface area (Å²) in [5, 5.41) is 12.7. The Hall–Kier alpha value is -3.02. The summed E-state index contributed by atoms with van der Waals surface area (Å²) in [6.07, 6.45) is 9.08. The van der Waals surface area contributed by atoms with Crippen LogP contribution in [0.3, 0.4) is 0 Å². The van der Waals surface area contributed by atoms with Crippen molar-refractivity contribution in [2.75, 3.05) is 32.7 Å². The van der Waals surface area contributed by atoms with Crippen LogP contribution >= 0.6 is 11.3 Å². The number of ketones is 1. The van der Waals surface area contributed by atoms with Crippen LogP contribution < -0.4 is 16.8 Å². The van der Waals surface area contributed by atoms with Crippen LogP contribution in [-0.2, 0) is 9.59 Å². The van der Waals surface area contributed by atoms with E-state index in [-0.39, 0.29) is 36.0 Å². The van der Waals surface area contributed by atoms with E-state index in [0.29, 0.717) is 42.7 Å². The fourth-order valence-corrected chi connectivity index (χ4v) is 5.91. The number of carbonyl (C=O) groups excluding carboxylic acids is 3. The smallest absolute Gasteiger partial charge is 0.240 e. The van der Waals surface area contributed by atoms with Gasteiger partial charge in [0.05, 0.1) is 18.4 Å². The second-order valence-corrected chi connectivity index (χ2v) is 11.2. The predicted molar refractivity (Wildman–Crippen MR) is 149 cm³/mol. The first-order chi connectivity index (χ1) is 18.2. The lowest BCUT2D eigenvalue weighted by Gasteiger charge is -2.33. The first-order valence-electron chi connectivity index (χ1n) is 13.6. The molecule has 6 N–H and O–H groups in total. The number of carbonyl (C=O) groups is 3. The van der Waals surface area contributed by atoms with Crippen LogP contribution in [0.25, 0.3) is 0 Å². The van der Waals surface area contributed by atoms with Crippen LogP contribution in [0, 0.1) is 17.2 Å². The second kappa shape index (κ2) is 14.8. The van der Waals surface area contributed by atoms with Gasteiger partial charge in [-0.3, -0.25) is 24.8 Å². The summed E-state index contributed by atoms with van der Waals surface area (Å²) < 4.78 is 0. The van der Waals surface area contributed by atoms with E-state index < -0.39 is 6.04 Å². The van der Waals surface area contributed by atoms with Crippen molar-refractivity contribution in [1.29, 1.82) is 5.41 Å². The summed E-state index contributed by atoms with van der Waals surface area (Å²) in [6, 6.07) is -0.754. The van der Waals surface area contributed by atoms with Gasteiger partial charge < -0.3 is 26.6 Å². The normalized spacial score (nSPS) is 19.5. The first kappa shape index (κ1) is 29.5.